The molecule has 0 saturated heterocycles. The Bertz CT molecular complexity index is 1460. The van der Waals surface area contributed by atoms with Crippen LogP contribution in [0.15, 0.2) is 65.2 Å². The minimum absolute atomic E-state index is 0.248. The second-order valence-electron chi connectivity index (χ2n) is 10.5. The van der Waals surface area contributed by atoms with Crippen LogP contribution in [0.2, 0.25) is 0 Å². The van der Waals surface area contributed by atoms with Crippen LogP contribution in [0.5, 0.6) is 5.75 Å². The van der Waals surface area contributed by atoms with Crippen LogP contribution in [0.1, 0.15) is 65.0 Å². The molecule has 2 N–H and O–H groups in total. The number of aromatic nitrogens is 1. The highest BCUT2D eigenvalue weighted by Gasteiger charge is 2.28. The Hall–Kier alpha value is -3.90. The van der Waals surface area contributed by atoms with Gasteiger partial charge in [0, 0.05) is 6.54 Å². The van der Waals surface area contributed by atoms with Crippen molar-refractivity contribution in [3.8, 4) is 28.2 Å². The Morgan fingerprint density at radius 3 is 2.56 bits per heavy atom. The number of benzene rings is 3. The largest absolute Gasteiger partial charge is 0.488 e. The van der Waals surface area contributed by atoms with Crippen molar-refractivity contribution in [3.05, 3.63) is 94.2 Å². The standard InChI is InChI=1S/C33H37N3O3/c1-5-35-33(37)31-30(26-12-11-24-13-15-34-16-14-25(24)18-26)32(39-36-31)28-19-27(21(2)3)22(4)17-29(28)38-20-23-9-7-6-8-10-23/h6-12,17-19,21,34H,5,13-16,20H2,1-4H3,(H,35,37). The number of nitrogens with zero attached hydrogens (tertiary/aromatic N) is 1. The molecule has 0 bridgehead atoms. The van der Waals surface area contributed by atoms with Crippen molar-refractivity contribution in [2.45, 2.75) is 53.1 Å². The monoisotopic (exact) mass is 523 g/mol. The molecule has 6 heteroatoms. The third-order valence-electron chi connectivity index (χ3n) is 7.35. The van der Waals surface area contributed by atoms with E-state index in [4.69, 9.17) is 9.26 Å². The van der Waals surface area contributed by atoms with Gasteiger partial charge in [-0.15, -0.1) is 0 Å². The molecule has 1 aliphatic heterocycles. The maximum Gasteiger partial charge on any atom is 0.274 e. The van der Waals surface area contributed by atoms with E-state index in [1.54, 1.807) is 0 Å². The average molecular weight is 524 g/mol. The molecule has 0 saturated carbocycles. The van der Waals surface area contributed by atoms with Crippen LogP contribution in [0.4, 0.5) is 0 Å². The van der Waals surface area contributed by atoms with Gasteiger partial charge in [-0.2, -0.15) is 0 Å². The molecule has 0 fully saturated rings. The quantitative estimate of drug-likeness (QED) is 0.277. The summed E-state index contributed by atoms with van der Waals surface area (Å²) < 4.78 is 12.4. The number of rotatable bonds is 8. The predicted octanol–water partition coefficient (Wildman–Crippen LogP) is 6.46. The van der Waals surface area contributed by atoms with E-state index in [0.29, 0.717) is 41.8 Å². The Morgan fingerprint density at radius 2 is 1.82 bits per heavy atom. The first-order valence-electron chi connectivity index (χ1n) is 13.9. The van der Waals surface area contributed by atoms with Gasteiger partial charge in [-0.3, -0.25) is 4.79 Å². The molecule has 4 aromatic rings. The fraction of sp³-hybridized carbons (Fsp3) is 0.333. The summed E-state index contributed by atoms with van der Waals surface area (Å²) in [7, 11) is 0. The number of carbonyl (C=O) groups excluding carboxylic acids is 1. The van der Waals surface area contributed by atoms with E-state index in [0.717, 1.165) is 48.2 Å². The zero-order chi connectivity index (χ0) is 27.4. The van der Waals surface area contributed by atoms with Crippen molar-refractivity contribution < 1.29 is 14.1 Å². The number of fused-ring (bicyclic) bond motifs is 1. The van der Waals surface area contributed by atoms with Gasteiger partial charge in [-0.05, 0) is 91.2 Å². The fourth-order valence-electron chi connectivity index (χ4n) is 5.32. The molecule has 1 aromatic heterocycles. The fourth-order valence-corrected chi connectivity index (χ4v) is 5.32. The number of carbonyl (C=O) groups is 1. The van der Waals surface area contributed by atoms with Gasteiger partial charge in [-0.1, -0.05) is 67.5 Å². The van der Waals surface area contributed by atoms with Crippen molar-refractivity contribution in [1.82, 2.24) is 15.8 Å². The van der Waals surface area contributed by atoms with E-state index in [-0.39, 0.29) is 5.91 Å². The van der Waals surface area contributed by atoms with Crippen molar-refractivity contribution in [2.75, 3.05) is 19.6 Å². The van der Waals surface area contributed by atoms with Crippen LogP contribution in [0.25, 0.3) is 22.5 Å². The molecular weight excluding hydrogens is 486 g/mol. The SMILES string of the molecule is CCNC(=O)c1noc(-c2cc(C(C)C)c(C)cc2OCc2ccccc2)c1-c1ccc2c(c1)CCNCC2. The van der Waals surface area contributed by atoms with Gasteiger partial charge in [0.25, 0.3) is 5.91 Å². The van der Waals surface area contributed by atoms with E-state index in [1.165, 1.54) is 16.7 Å². The van der Waals surface area contributed by atoms with Crippen LogP contribution >= 0.6 is 0 Å². The molecule has 6 nitrogen and oxygen atoms in total. The first-order valence-corrected chi connectivity index (χ1v) is 13.9. The van der Waals surface area contributed by atoms with E-state index >= 15 is 0 Å². The van der Waals surface area contributed by atoms with Crippen molar-refractivity contribution in [2.24, 2.45) is 0 Å². The third-order valence-corrected chi connectivity index (χ3v) is 7.35. The molecule has 0 spiro atoms. The number of nitrogens with one attached hydrogen (secondary N) is 2. The van der Waals surface area contributed by atoms with Gasteiger partial charge in [0.1, 0.15) is 12.4 Å². The van der Waals surface area contributed by atoms with E-state index in [9.17, 15) is 4.79 Å². The molecule has 0 aliphatic carbocycles. The maximum absolute atomic E-state index is 13.2. The van der Waals surface area contributed by atoms with Crippen LogP contribution in [-0.2, 0) is 19.4 Å². The summed E-state index contributed by atoms with van der Waals surface area (Å²) in [6.45, 7) is 11.2. The molecule has 2 heterocycles. The lowest BCUT2D eigenvalue weighted by atomic mass is 9.90. The van der Waals surface area contributed by atoms with E-state index in [1.807, 2.05) is 37.3 Å². The Morgan fingerprint density at radius 1 is 1.05 bits per heavy atom. The molecular formula is C33H37N3O3. The zero-order valence-corrected chi connectivity index (χ0v) is 23.3. The minimum atomic E-state index is -0.248. The van der Waals surface area contributed by atoms with Gasteiger partial charge < -0.3 is 19.9 Å². The molecule has 1 aliphatic rings. The Balaban J connectivity index is 1.67. The van der Waals surface area contributed by atoms with Crippen LogP contribution in [-0.4, -0.2) is 30.7 Å². The molecule has 3 aromatic carbocycles. The molecule has 0 atom stereocenters. The minimum Gasteiger partial charge on any atom is -0.488 e. The van der Waals surface area contributed by atoms with Crippen LogP contribution < -0.4 is 15.4 Å². The number of ether oxygens (including phenoxy) is 1. The van der Waals surface area contributed by atoms with Crippen molar-refractivity contribution in [3.63, 3.8) is 0 Å². The van der Waals surface area contributed by atoms with Crippen LogP contribution in [0, 0.1) is 6.92 Å². The highest BCUT2D eigenvalue weighted by atomic mass is 16.5. The van der Waals surface area contributed by atoms with Gasteiger partial charge in [0.05, 0.1) is 11.1 Å². The zero-order valence-electron chi connectivity index (χ0n) is 23.3. The summed E-state index contributed by atoms with van der Waals surface area (Å²) >= 11 is 0. The van der Waals surface area contributed by atoms with Gasteiger partial charge >= 0.3 is 0 Å². The molecule has 1 amide bonds. The van der Waals surface area contributed by atoms with Crippen molar-refractivity contribution >= 4 is 5.91 Å². The van der Waals surface area contributed by atoms with Crippen molar-refractivity contribution in [1.29, 1.82) is 0 Å². The maximum atomic E-state index is 13.2. The smallest absolute Gasteiger partial charge is 0.274 e. The lowest BCUT2D eigenvalue weighted by Crippen LogP contribution is -2.23. The Kier molecular flexibility index (Phi) is 8.13. The summed E-state index contributed by atoms with van der Waals surface area (Å²) in [6, 6.07) is 20.8. The summed E-state index contributed by atoms with van der Waals surface area (Å²) in [4.78, 5) is 13.2. The van der Waals surface area contributed by atoms with Crippen LogP contribution in [0.3, 0.4) is 0 Å². The van der Waals surface area contributed by atoms with E-state index in [2.05, 4.69) is 66.9 Å². The average Bonchev–Trinajstić information content (AvgIpc) is 3.24. The molecule has 39 heavy (non-hydrogen) atoms. The number of hydrogen-bond donors (Lipinski definition) is 2. The lowest BCUT2D eigenvalue weighted by molar-refractivity contribution is 0.0947. The third kappa shape index (κ3) is 5.76. The molecule has 202 valence electrons. The second kappa shape index (κ2) is 11.9. The topological polar surface area (TPSA) is 76.4 Å². The highest BCUT2D eigenvalue weighted by molar-refractivity contribution is 6.02. The number of hydrogen-bond acceptors (Lipinski definition) is 5. The molecule has 0 radical (unpaired) electrons. The molecule has 5 rings (SSSR count). The first kappa shape index (κ1) is 26.7. The van der Waals surface area contributed by atoms with E-state index < -0.39 is 0 Å². The van der Waals surface area contributed by atoms with Gasteiger partial charge in [0.2, 0.25) is 0 Å². The summed E-state index contributed by atoms with van der Waals surface area (Å²) in [5.41, 5.74) is 8.78. The van der Waals surface area contributed by atoms with Gasteiger partial charge in [0.15, 0.2) is 11.5 Å². The predicted molar refractivity (Wildman–Crippen MR) is 155 cm³/mol. The summed E-state index contributed by atoms with van der Waals surface area (Å²) in [5.74, 6) is 1.32. The summed E-state index contributed by atoms with van der Waals surface area (Å²) in [6.07, 6.45) is 1.93. The normalized spacial score (nSPS) is 13.2. The lowest BCUT2D eigenvalue weighted by Gasteiger charge is -2.17. The molecule has 0 unspecified atom stereocenters. The number of aryl methyl sites for hydroxylation is 1. The first-order chi connectivity index (χ1) is 19.0. The number of amides is 1. The second-order valence-corrected chi connectivity index (χ2v) is 10.5. The highest BCUT2D eigenvalue weighted by Crippen LogP contribution is 2.42. The van der Waals surface area contributed by atoms with Gasteiger partial charge in [-0.25, -0.2) is 0 Å². The Labute approximate surface area is 230 Å². The summed E-state index contributed by atoms with van der Waals surface area (Å²) in [5, 5.41) is 10.7.